The molecule has 4 aromatic rings. The lowest BCUT2D eigenvalue weighted by Crippen LogP contribution is -2.12. The molecule has 9 heteroatoms. The van der Waals surface area contributed by atoms with Crippen LogP contribution in [-0.4, -0.2) is 31.2 Å². The number of thioether (sulfide) groups is 1. The smallest absolute Gasteiger partial charge is 0.227 e. The number of hydrogen-bond acceptors (Lipinski definition) is 7. The minimum Gasteiger partial charge on any atom is -0.339 e. The number of nitrogens with one attached hydrogen (secondary N) is 2. The van der Waals surface area contributed by atoms with Gasteiger partial charge < -0.3 is 9.84 Å². The highest BCUT2D eigenvalue weighted by molar-refractivity contribution is 7.98. The Hall–Kier alpha value is -3.46. The third kappa shape index (κ3) is 5.79. The number of aryl methyl sites for hydroxylation is 3. The minimum atomic E-state index is -0.0950. The molecule has 0 aliphatic rings. The number of benzene rings is 2. The summed E-state index contributed by atoms with van der Waals surface area (Å²) in [4.78, 5) is 21.0. The van der Waals surface area contributed by atoms with E-state index in [1.54, 1.807) is 0 Å². The van der Waals surface area contributed by atoms with Crippen LogP contribution in [0.5, 0.6) is 0 Å². The Balaban J connectivity index is 1.26. The van der Waals surface area contributed by atoms with Gasteiger partial charge in [0.2, 0.25) is 17.0 Å². The molecular formula is C22H22N6O2S. The number of carbonyl (C=O) groups is 1. The van der Waals surface area contributed by atoms with E-state index in [0.29, 0.717) is 29.0 Å². The molecule has 0 saturated carbocycles. The second kappa shape index (κ2) is 9.57. The van der Waals surface area contributed by atoms with Crippen molar-refractivity contribution in [3.63, 3.8) is 0 Å². The van der Waals surface area contributed by atoms with Crippen LogP contribution in [0.4, 0.5) is 5.69 Å². The zero-order valence-corrected chi connectivity index (χ0v) is 18.1. The molecular weight excluding hydrogens is 412 g/mol. The second-order valence-corrected chi connectivity index (χ2v) is 8.09. The van der Waals surface area contributed by atoms with Crippen molar-refractivity contribution in [1.29, 1.82) is 0 Å². The first-order chi connectivity index (χ1) is 15.0. The van der Waals surface area contributed by atoms with E-state index in [2.05, 4.69) is 36.7 Å². The van der Waals surface area contributed by atoms with E-state index in [1.165, 1.54) is 11.8 Å². The van der Waals surface area contributed by atoms with E-state index in [1.807, 2.05) is 56.3 Å². The van der Waals surface area contributed by atoms with Gasteiger partial charge in [0.15, 0.2) is 11.6 Å². The normalized spacial score (nSPS) is 10.9. The summed E-state index contributed by atoms with van der Waals surface area (Å²) in [7, 11) is 0. The van der Waals surface area contributed by atoms with Gasteiger partial charge in [0.25, 0.3) is 0 Å². The average Bonchev–Trinajstić information content (AvgIpc) is 3.42. The van der Waals surface area contributed by atoms with Gasteiger partial charge >= 0.3 is 0 Å². The highest BCUT2D eigenvalue weighted by atomic mass is 32.2. The molecule has 0 aliphatic heterocycles. The summed E-state index contributed by atoms with van der Waals surface area (Å²) in [6, 6.07) is 15.7. The van der Waals surface area contributed by atoms with Gasteiger partial charge in [-0.05, 0) is 32.0 Å². The number of rotatable bonds is 8. The van der Waals surface area contributed by atoms with E-state index in [0.717, 1.165) is 28.2 Å². The Kier molecular flexibility index (Phi) is 6.42. The van der Waals surface area contributed by atoms with E-state index in [-0.39, 0.29) is 12.3 Å². The lowest BCUT2D eigenvalue weighted by atomic mass is 10.1. The number of amides is 1. The van der Waals surface area contributed by atoms with Crippen molar-refractivity contribution in [2.75, 3.05) is 5.32 Å². The fourth-order valence-corrected chi connectivity index (χ4v) is 3.53. The molecule has 2 aromatic heterocycles. The van der Waals surface area contributed by atoms with Crippen LogP contribution in [0.25, 0.3) is 11.4 Å². The Bertz CT molecular complexity index is 1170. The molecule has 0 bridgehead atoms. The molecule has 31 heavy (non-hydrogen) atoms. The summed E-state index contributed by atoms with van der Waals surface area (Å²) in [5.41, 5.74) is 4.07. The molecule has 4 rings (SSSR count). The fraction of sp³-hybridized carbons (Fsp3) is 0.227. The predicted molar refractivity (Wildman–Crippen MR) is 119 cm³/mol. The topological polar surface area (TPSA) is 110 Å². The van der Waals surface area contributed by atoms with E-state index in [9.17, 15) is 4.79 Å². The Morgan fingerprint density at radius 3 is 2.74 bits per heavy atom. The molecule has 2 aromatic carbocycles. The summed E-state index contributed by atoms with van der Waals surface area (Å²) < 4.78 is 5.25. The molecule has 158 valence electrons. The highest BCUT2D eigenvalue weighted by Crippen LogP contribution is 2.22. The van der Waals surface area contributed by atoms with Crippen LogP contribution in [0.1, 0.15) is 29.3 Å². The van der Waals surface area contributed by atoms with Crippen LogP contribution in [-0.2, 0) is 17.0 Å². The van der Waals surface area contributed by atoms with Crippen molar-refractivity contribution >= 4 is 23.4 Å². The number of anilines is 1. The van der Waals surface area contributed by atoms with Gasteiger partial charge in [-0.2, -0.15) is 4.98 Å². The van der Waals surface area contributed by atoms with Gasteiger partial charge in [-0.15, -0.1) is 5.10 Å². The maximum absolute atomic E-state index is 12.1. The summed E-state index contributed by atoms with van der Waals surface area (Å²) in [5.74, 6) is 2.08. The first kappa shape index (κ1) is 20.8. The Morgan fingerprint density at radius 1 is 1.10 bits per heavy atom. The minimum absolute atomic E-state index is 0.0950. The standard InChI is InChI=1S/C22H22N6O2S/c1-14-6-8-17(9-7-14)23-19(29)10-11-20-24-18(28-30-20)13-31-22-25-21(26-27-22)16-5-3-4-15(2)12-16/h3-9,12H,10-11,13H2,1-2H3,(H,23,29)(H,25,26,27). The molecule has 0 radical (unpaired) electrons. The van der Waals surface area contributed by atoms with E-state index < -0.39 is 0 Å². The molecule has 0 saturated heterocycles. The zero-order chi connectivity index (χ0) is 21.6. The average molecular weight is 435 g/mol. The lowest BCUT2D eigenvalue weighted by molar-refractivity contribution is -0.116. The Morgan fingerprint density at radius 2 is 1.94 bits per heavy atom. The summed E-state index contributed by atoms with van der Waals surface area (Å²) in [5, 5.41) is 14.6. The largest absolute Gasteiger partial charge is 0.339 e. The third-order valence-electron chi connectivity index (χ3n) is 4.50. The first-order valence-corrected chi connectivity index (χ1v) is 10.8. The van der Waals surface area contributed by atoms with Crippen molar-refractivity contribution in [1.82, 2.24) is 25.3 Å². The van der Waals surface area contributed by atoms with Crippen LogP contribution in [0.2, 0.25) is 0 Å². The van der Waals surface area contributed by atoms with Crippen molar-refractivity contribution in [3.05, 3.63) is 71.4 Å². The number of aromatic nitrogens is 5. The molecule has 0 unspecified atom stereocenters. The summed E-state index contributed by atoms with van der Waals surface area (Å²) >= 11 is 1.42. The first-order valence-electron chi connectivity index (χ1n) is 9.85. The molecule has 0 fully saturated rings. The summed E-state index contributed by atoms with van der Waals surface area (Å²) in [6.45, 7) is 4.04. The number of carbonyl (C=O) groups excluding carboxylic acids is 1. The number of nitrogens with zero attached hydrogens (tertiary/aromatic N) is 4. The van der Waals surface area contributed by atoms with Crippen molar-refractivity contribution in [2.45, 2.75) is 37.6 Å². The predicted octanol–water partition coefficient (Wildman–Crippen LogP) is 4.34. The van der Waals surface area contributed by atoms with Gasteiger partial charge in [-0.1, -0.05) is 58.4 Å². The lowest BCUT2D eigenvalue weighted by Gasteiger charge is -2.04. The fourth-order valence-electron chi connectivity index (χ4n) is 2.89. The molecule has 2 heterocycles. The molecule has 1 amide bonds. The number of hydrogen-bond donors (Lipinski definition) is 2. The molecule has 0 atom stereocenters. The number of H-pyrrole nitrogens is 1. The quantitative estimate of drug-likeness (QED) is 0.397. The zero-order valence-electron chi connectivity index (χ0n) is 17.3. The summed E-state index contributed by atoms with van der Waals surface area (Å²) in [6.07, 6.45) is 0.650. The number of aromatic amines is 1. The second-order valence-electron chi connectivity index (χ2n) is 7.14. The molecule has 0 aliphatic carbocycles. The SMILES string of the molecule is Cc1ccc(NC(=O)CCc2nc(CSc3n[nH]c(-c4cccc(C)c4)n3)no2)cc1. The third-order valence-corrected chi connectivity index (χ3v) is 5.34. The monoisotopic (exact) mass is 434 g/mol. The van der Waals surface area contributed by atoms with Gasteiger partial charge in [-0.3, -0.25) is 9.89 Å². The van der Waals surface area contributed by atoms with Crippen molar-refractivity contribution < 1.29 is 9.32 Å². The van der Waals surface area contributed by atoms with Crippen molar-refractivity contribution in [2.24, 2.45) is 0 Å². The van der Waals surface area contributed by atoms with Crippen molar-refractivity contribution in [3.8, 4) is 11.4 Å². The van der Waals surface area contributed by atoms with Gasteiger partial charge in [0, 0.05) is 24.1 Å². The Labute approximate surface area is 183 Å². The van der Waals surface area contributed by atoms with Gasteiger partial charge in [-0.25, -0.2) is 4.98 Å². The maximum atomic E-state index is 12.1. The van der Waals surface area contributed by atoms with Crippen LogP contribution in [0.3, 0.4) is 0 Å². The van der Waals surface area contributed by atoms with E-state index in [4.69, 9.17) is 4.52 Å². The van der Waals surface area contributed by atoms with Crippen LogP contribution in [0.15, 0.2) is 58.2 Å². The molecule has 2 N–H and O–H groups in total. The van der Waals surface area contributed by atoms with Crippen LogP contribution >= 0.6 is 11.8 Å². The van der Waals surface area contributed by atoms with E-state index >= 15 is 0 Å². The maximum Gasteiger partial charge on any atom is 0.227 e. The van der Waals surface area contributed by atoms with Gasteiger partial charge in [0.1, 0.15) is 0 Å². The van der Waals surface area contributed by atoms with Crippen LogP contribution in [0, 0.1) is 13.8 Å². The van der Waals surface area contributed by atoms with Gasteiger partial charge in [0.05, 0.1) is 5.75 Å². The van der Waals surface area contributed by atoms with Crippen LogP contribution < -0.4 is 5.32 Å². The molecule has 8 nitrogen and oxygen atoms in total. The highest BCUT2D eigenvalue weighted by Gasteiger charge is 2.12. The molecule has 0 spiro atoms.